The van der Waals surface area contributed by atoms with E-state index in [9.17, 15) is 9.59 Å². The SMILES string of the molecule is C#Cc1cccc(NCC(=O)N2CCN(C(C)=O)CC2)c1. The summed E-state index contributed by atoms with van der Waals surface area (Å²) in [4.78, 5) is 26.9. The first kappa shape index (κ1) is 14.9. The average Bonchev–Trinajstić information content (AvgIpc) is 2.53. The van der Waals surface area contributed by atoms with E-state index in [1.165, 1.54) is 0 Å². The third-order valence-corrected chi connectivity index (χ3v) is 3.55. The second-order valence-electron chi connectivity index (χ2n) is 4.97. The highest BCUT2D eigenvalue weighted by atomic mass is 16.2. The Hall–Kier alpha value is -2.48. The Labute approximate surface area is 124 Å². The van der Waals surface area contributed by atoms with Gasteiger partial charge in [-0.25, -0.2) is 0 Å². The maximum atomic E-state index is 12.1. The summed E-state index contributed by atoms with van der Waals surface area (Å²) >= 11 is 0. The van der Waals surface area contributed by atoms with Gasteiger partial charge in [-0.1, -0.05) is 12.0 Å². The van der Waals surface area contributed by atoms with Gasteiger partial charge in [0, 0.05) is 44.4 Å². The number of amides is 2. The van der Waals surface area contributed by atoms with E-state index in [0.717, 1.165) is 11.3 Å². The van der Waals surface area contributed by atoms with Crippen molar-refractivity contribution in [3.05, 3.63) is 29.8 Å². The molecule has 1 aromatic rings. The molecule has 2 amide bonds. The maximum absolute atomic E-state index is 12.1. The molecular formula is C16H19N3O2. The van der Waals surface area contributed by atoms with Gasteiger partial charge in [0.25, 0.3) is 0 Å². The number of rotatable bonds is 3. The van der Waals surface area contributed by atoms with Crippen molar-refractivity contribution in [1.82, 2.24) is 9.80 Å². The number of carbonyl (C=O) groups is 2. The van der Waals surface area contributed by atoms with Crippen LogP contribution in [0.1, 0.15) is 12.5 Å². The zero-order valence-electron chi connectivity index (χ0n) is 12.1. The molecule has 1 aromatic carbocycles. The molecule has 1 fully saturated rings. The van der Waals surface area contributed by atoms with Crippen LogP contribution in [0.25, 0.3) is 0 Å². The number of anilines is 1. The summed E-state index contributed by atoms with van der Waals surface area (Å²) in [5.41, 5.74) is 1.61. The zero-order chi connectivity index (χ0) is 15.2. The van der Waals surface area contributed by atoms with Crippen LogP contribution in [0.2, 0.25) is 0 Å². The number of piperazine rings is 1. The monoisotopic (exact) mass is 285 g/mol. The fourth-order valence-corrected chi connectivity index (χ4v) is 2.28. The average molecular weight is 285 g/mol. The number of hydrogen-bond acceptors (Lipinski definition) is 3. The van der Waals surface area contributed by atoms with Gasteiger partial charge in [-0.3, -0.25) is 9.59 Å². The van der Waals surface area contributed by atoms with E-state index in [-0.39, 0.29) is 18.4 Å². The molecule has 5 heteroatoms. The molecule has 0 saturated carbocycles. The lowest BCUT2D eigenvalue weighted by molar-refractivity contribution is -0.137. The van der Waals surface area contributed by atoms with Crippen molar-refractivity contribution in [2.45, 2.75) is 6.92 Å². The second kappa shape index (κ2) is 6.80. The van der Waals surface area contributed by atoms with Gasteiger partial charge < -0.3 is 15.1 Å². The van der Waals surface area contributed by atoms with Crippen molar-refractivity contribution in [3.8, 4) is 12.3 Å². The van der Waals surface area contributed by atoms with E-state index in [2.05, 4.69) is 11.2 Å². The van der Waals surface area contributed by atoms with Gasteiger partial charge in [0.1, 0.15) is 0 Å². The highest BCUT2D eigenvalue weighted by Gasteiger charge is 2.21. The summed E-state index contributed by atoms with van der Waals surface area (Å²) in [6.45, 7) is 4.17. The highest BCUT2D eigenvalue weighted by Crippen LogP contribution is 2.10. The smallest absolute Gasteiger partial charge is 0.241 e. The van der Waals surface area contributed by atoms with Gasteiger partial charge in [-0.05, 0) is 18.2 Å². The number of nitrogens with zero attached hydrogens (tertiary/aromatic N) is 2. The summed E-state index contributed by atoms with van der Waals surface area (Å²) in [5.74, 6) is 2.65. The van der Waals surface area contributed by atoms with Gasteiger partial charge in [0.2, 0.25) is 11.8 Å². The van der Waals surface area contributed by atoms with E-state index in [4.69, 9.17) is 6.42 Å². The minimum absolute atomic E-state index is 0.0318. The third-order valence-electron chi connectivity index (χ3n) is 3.55. The Morgan fingerprint density at radius 3 is 2.52 bits per heavy atom. The number of nitrogens with one attached hydrogen (secondary N) is 1. The fraction of sp³-hybridized carbons (Fsp3) is 0.375. The highest BCUT2D eigenvalue weighted by molar-refractivity contribution is 5.81. The molecule has 110 valence electrons. The van der Waals surface area contributed by atoms with Crippen LogP contribution in [0.3, 0.4) is 0 Å². The van der Waals surface area contributed by atoms with Crippen LogP contribution in [-0.2, 0) is 9.59 Å². The van der Waals surface area contributed by atoms with E-state index in [1.807, 2.05) is 24.3 Å². The second-order valence-corrected chi connectivity index (χ2v) is 4.97. The lowest BCUT2D eigenvalue weighted by Crippen LogP contribution is -2.51. The van der Waals surface area contributed by atoms with Crippen LogP contribution in [-0.4, -0.2) is 54.3 Å². The molecule has 1 heterocycles. The number of terminal acetylenes is 1. The molecular weight excluding hydrogens is 266 g/mol. The molecule has 0 spiro atoms. The summed E-state index contributed by atoms with van der Waals surface area (Å²) in [6.07, 6.45) is 5.34. The van der Waals surface area contributed by atoms with Crippen molar-refractivity contribution in [3.63, 3.8) is 0 Å². The number of benzene rings is 1. The first-order chi connectivity index (χ1) is 10.1. The Morgan fingerprint density at radius 2 is 1.90 bits per heavy atom. The molecule has 1 N–H and O–H groups in total. The normalized spacial score (nSPS) is 14.5. The van der Waals surface area contributed by atoms with E-state index >= 15 is 0 Å². The maximum Gasteiger partial charge on any atom is 0.241 e. The molecule has 1 aliphatic heterocycles. The molecule has 0 bridgehead atoms. The predicted octanol–water partition coefficient (Wildman–Crippen LogP) is 0.770. The molecule has 0 aromatic heterocycles. The molecule has 0 radical (unpaired) electrons. The molecule has 0 atom stereocenters. The predicted molar refractivity (Wildman–Crippen MR) is 81.7 cm³/mol. The van der Waals surface area contributed by atoms with Crippen LogP contribution in [0.5, 0.6) is 0 Å². The summed E-state index contributed by atoms with van der Waals surface area (Å²) in [7, 11) is 0. The lowest BCUT2D eigenvalue weighted by Gasteiger charge is -2.34. The van der Waals surface area contributed by atoms with Crippen molar-refractivity contribution in [2.24, 2.45) is 0 Å². The van der Waals surface area contributed by atoms with E-state index in [1.54, 1.807) is 16.7 Å². The van der Waals surface area contributed by atoms with Crippen LogP contribution in [0.15, 0.2) is 24.3 Å². The van der Waals surface area contributed by atoms with Crippen LogP contribution >= 0.6 is 0 Å². The fourth-order valence-electron chi connectivity index (χ4n) is 2.28. The Kier molecular flexibility index (Phi) is 4.83. The van der Waals surface area contributed by atoms with Crippen molar-refractivity contribution >= 4 is 17.5 Å². The van der Waals surface area contributed by atoms with Gasteiger partial charge in [0.15, 0.2) is 0 Å². The minimum atomic E-state index is 0.0318. The van der Waals surface area contributed by atoms with Crippen molar-refractivity contribution < 1.29 is 9.59 Å². The Bertz CT molecular complexity index is 569. The van der Waals surface area contributed by atoms with Crippen LogP contribution < -0.4 is 5.32 Å². The topological polar surface area (TPSA) is 52.7 Å². The lowest BCUT2D eigenvalue weighted by atomic mass is 10.2. The number of carbonyl (C=O) groups excluding carboxylic acids is 2. The third kappa shape index (κ3) is 3.99. The molecule has 2 rings (SSSR count). The van der Waals surface area contributed by atoms with Crippen LogP contribution in [0, 0.1) is 12.3 Å². The molecule has 1 aliphatic rings. The quantitative estimate of drug-likeness (QED) is 0.835. The van der Waals surface area contributed by atoms with E-state index in [0.29, 0.717) is 26.2 Å². The van der Waals surface area contributed by atoms with Gasteiger partial charge in [-0.15, -0.1) is 6.42 Å². The Balaban J connectivity index is 1.83. The number of hydrogen-bond donors (Lipinski definition) is 1. The Morgan fingerprint density at radius 1 is 1.24 bits per heavy atom. The molecule has 0 unspecified atom stereocenters. The summed E-state index contributed by atoms with van der Waals surface area (Å²) in [6, 6.07) is 7.41. The molecule has 0 aliphatic carbocycles. The van der Waals surface area contributed by atoms with Gasteiger partial charge in [-0.2, -0.15) is 0 Å². The standard InChI is InChI=1S/C16H19N3O2/c1-3-14-5-4-6-15(11-14)17-12-16(21)19-9-7-18(8-10-19)13(2)20/h1,4-6,11,17H,7-10,12H2,2H3. The first-order valence-corrected chi connectivity index (χ1v) is 6.94. The molecule has 21 heavy (non-hydrogen) atoms. The summed E-state index contributed by atoms with van der Waals surface area (Å²) in [5, 5.41) is 3.08. The minimum Gasteiger partial charge on any atom is -0.376 e. The molecule has 1 saturated heterocycles. The first-order valence-electron chi connectivity index (χ1n) is 6.94. The van der Waals surface area contributed by atoms with Crippen LogP contribution in [0.4, 0.5) is 5.69 Å². The molecule has 5 nitrogen and oxygen atoms in total. The van der Waals surface area contributed by atoms with Gasteiger partial charge >= 0.3 is 0 Å². The van der Waals surface area contributed by atoms with E-state index < -0.39 is 0 Å². The van der Waals surface area contributed by atoms with Crippen molar-refractivity contribution in [1.29, 1.82) is 0 Å². The van der Waals surface area contributed by atoms with Crippen molar-refractivity contribution in [2.75, 3.05) is 38.0 Å². The van der Waals surface area contributed by atoms with Gasteiger partial charge in [0.05, 0.1) is 6.54 Å². The zero-order valence-corrected chi connectivity index (χ0v) is 12.1. The summed E-state index contributed by atoms with van der Waals surface area (Å²) < 4.78 is 0. The largest absolute Gasteiger partial charge is 0.376 e.